The highest BCUT2D eigenvalue weighted by molar-refractivity contribution is 7.99. The second kappa shape index (κ2) is 10.8. The van der Waals surface area contributed by atoms with Gasteiger partial charge in [0.2, 0.25) is 5.91 Å². The third-order valence-electron chi connectivity index (χ3n) is 4.61. The second-order valence-corrected chi connectivity index (χ2v) is 8.90. The van der Waals surface area contributed by atoms with E-state index in [1.165, 1.54) is 17.8 Å². The predicted molar refractivity (Wildman–Crippen MR) is 129 cm³/mol. The summed E-state index contributed by atoms with van der Waals surface area (Å²) < 4.78 is 1.87. The fourth-order valence-electron chi connectivity index (χ4n) is 3.09. The molecule has 0 spiro atoms. The maximum Gasteiger partial charge on any atom is 0.253 e. The van der Waals surface area contributed by atoms with Crippen molar-refractivity contribution in [2.45, 2.75) is 38.5 Å². The molecule has 0 fully saturated rings. The van der Waals surface area contributed by atoms with E-state index in [0.29, 0.717) is 28.1 Å². The third-order valence-corrected chi connectivity index (χ3v) is 6.12. The number of aromatic nitrogens is 3. The highest BCUT2D eigenvalue weighted by Crippen LogP contribution is 2.24. The normalized spacial score (nSPS) is 11.8. The van der Waals surface area contributed by atoms with Gasteiger partial charge in [-0.05, 0) is 56.7 Å². The summed E-state index contributed by atoms with van der Waals surface area (Å²) in [5.74, 6) is 0.309. The minimum atomic E-state index is -0.419. The summed E-state index contributed by atoms with van der Waals surface area (Å²) in [6.45, 7) is 6.33. The lowest BCUT2D eigenvalue weighted by atomic mass is 10.2. The van der Waals surface area contributed by atoms with Crippen LogP contribution in [0.4, 0.5) is 5.69 Å². The minimum absolute atomic E-state index is 0.133. The molecule has 0 unspecified atom stereocenters. The van der Waals surface area contributed by atoms with E-state index in [2.05, 4.69) is 20.8 Å². The molecule has 0 bridgehead atoms. The number of benzene rings is 2. The minimum Gasteiger partial charge on any atom is -0.342 e. The van der Waals surface area contributed by atoms with Crippen molar-refractivity contribution >= 4 is 52.5 Å². The number of nitrogens with one attached hydrogen (secondary N) is 2. The van der Waals surface area contributed by atoms with Crippen LogP contribution in [-0.4, -0.2) is 32.3 Å². The largest absolute Gasteiger partial charge is 0.342 e. The average Bonchev–Trinajstić information content (AvgIpc) is 3.15. The summed E-state index contributed by atoms with van der Waals surface area (Å²) in [5.41, 5.74) is 2.15. The molecule has 3 aromatic rings. The standard InChI is InChI=1S/C22H23Cl2N5O2S/c1-4-29-20(14(3)25-21(31)17-9-8-15(23)11-18(17)24)27-28-22(29)32-12-19(30)26-16-7-5-6-13(2)10-16/h5-11,14H,4,12H2,1-3H3,(H,25,31)(H,26,30)/t14-/m0/s1. The molecule has 2 N–H and O–H groups in total. The van der Waals surface area contributed by atoms with Crippen LogP contribution < -0.4 is 10.6 Å². The van der Waals surface area contributed by atoms with Gasteiger partial charge in [0, 0.05) is 17.3 Å². The lowest BCUT2D eigenvalue weighted by Crippen LogP contribution is -2.29. The number of hydrogen-bond acceptors (Lipinski definition) is 5. The molecule has 32 heavy (non-hydrogen) atoms. The van der Waals surface area contributed by atoms with Gasteiger partial charge in [0.05, 0.1) is 22.4 Å². The zero-order valence-electron chi connectivity index (χ0n) is 17.9. The first kappa shape index (κ1) is 24.1. The van der Waals surface area contributed by atoms with E-state index in [0.717, 1.165) is 11.3 Å². The molecule has 3 rings (SSSR count). The van der Waals surface area contributed by atoms with E-state index < -0.39 is 6.04 Å². The topological polar surface area (TPSA) is 88.9 Å². The maximum absolute atomic E-state index is 12.6. The van der Waals surface area contributed by atoms with Crippen molar-refractivity contribution in [3.8, 4) is 0 Å². The van der Waals surface area contributed by atoms with Crippen LogP contribution in [0.1, 0.15) is 41.6 Å². The van der Waals surface area contributed by atoms with Crippen molar-refractivity contribution in [3.05, 3.63) is 69.5 Å². The Hall–Kier alpha value is -2.55. The molecule has 0 saturated carbocycles. The molecular formula is C22H23Cl2N5O2S. The Morgan fingerprint density at radius 3 is 2.62 bits per heavy atom. The van der Waals surface area contributed by atoms with E-state index in [1.807, 2.05) is 49.6 Å². The number of amides is 2. The van der Waals surface area contributed by atoms with Crippen molar-refractivity contribution in [2.24, 2.45) is 0 Å². The first-order chi connectivity index (χ1) is 15.3. The van der Waals surface area contributed by atoms with Gasteiger partial charge in [0.1, 0.15) is 0 Å². The lowest BCUT2D eigenvalue weighted by Gasteiger charge is -2.15. The monoisotopic (exact) mass is 491 g/mol. The Bertz CT molecular complexity index is 1140. The molecule has 0 aliphatic heterocycles. The highest BCUT2D eigenvalue weighted by atomic mass is 35.5. The van der Waals surface area contributed by atoms with Gasteiger partial charge >= 0.3 is 0 Å². The van der Waals surface area contributed by atoms with Crippen LogP contribution in [0, 0.1) is 6.92 Å². The van der Waals surface area contributed by atoms with E-state index in [9.17, 15) is 9.59 Å². The summed E-state index contributed by atoms with van der Waals surface area (Å²) in [5, 5.41) is 15.5. The highest BCUT2D eigenvalue weighted by Gasteiger charge is 2.21. The van der Waals surface area contributed by atoms with Gasteiger partial charge in [-0.25, -0.2) is 0 Å². The number of thioether (sulfide) groups is 1. The Labute approximate surface area is 200 Å². The number of halogens is 2. The molecule has 168 valence electrons. The van der Waals surface area contributed by atoms with Gasteiger partial charge in [-0.15, -0.1) is 10.2 Å². The van der Waals surface area contributed by atoms with Crippen molar-refractivity contribution < 1.29 is 9.59 Å². The predicted octanol–water partition coefficient (Wildman–Crippen LogP) is 5.14. The maximum atomic E-state index is 12.6. The van der Waals surface area contributed by atoms with Crippen LogP contribution in [0.3, 0.4) is 0 Å². The van der Waals surface area contributed by atoms with Crippen LogP contribution >= 0.6 is 35.0 Å². The molecule has 0 radical (unpaired) electrons. The number of aryl methyl sites for hydroxylation is 1. The van der Waals surface area contributed by atoms with Gasteiger partial charge in [0.25, 0.3) is 5.91 Å². The van der Waals surface area contributed by atoms with Gasteiger partial charge in [0.15, 0.2) is 11.0 Å². The Kier molecular flexibility index (Phi) is 8.17. The molecular weight excluding hydrogens is 469 g/mol. The zero-order chi connectivity index (χ0) is 23.3. The number of carbonyl (C=O) groups excluding carboxylic acids is 2. The molecule has 1 atom stereocenters. The third kappa shape index (κ3) is 6.03. The van der Waals surface area contributed by atoms with E-state index in [1.54, 1.807) is 12.1 Å². The molecule has 0 aliphatic rings. The quantitative estimate of drug-likeness (QED) is 0.426. The van der Waals surface area contributed by atoms with E-state index >= 15 is 0 Å². The summed E-state index contributed by atoms with van der Waals surface area (Å²) in [6, 6.07) is 11.9. The molecule has 1 aromatic heterocycles. The van der Waals surface area contributed by atoms with Crippen LogP contribution in [0.15, 0.2) is 47.6 Å². The molecule has 10 heteroatoms. The van der Waals surface area contributed by atoms with E-state index in [-0.39, 0.29) is 22.6 Å². The van der Waals surface area contributed by atoms with Crippen LogP contribution in [0.25, 0.3) is 0 Å². The van der Waals surface area contributed by atoms with Crippen molar-refractivity contribution in [1.82, 2.24) is 20.1 Å². The molecule has 7 nitrogen and oxygen atoms in total. The molecule has 0 saturated heterocycles. The SMILES string of the molecule is CCn1c(SCC(=O)Nc2cccc(C)c2)nnc1[C@H](C)NC(=O)c1ccc(Cl)cc1Cl. The smallest absolute Gasteiger partial charge is 0.253 e. The zero-order valence-corrected chi connectivity index (χ0v) is 20.2. The van der Waals surface area contributed by atoms with Gasteiger partial charge < -0.3 is 15.2 Å². The number of rotatable bonds is 8. The van der Waals surface area contributed by atoms with Crippen molar-refractivity contribution in [2.75, 3.05) is 11.1 Å². The Morgan fingerprint density at radius 1 is 1.16 bits per heavy atom. The first-order valence-electron chi connectivity index (χ1n) is 9.96. The van der Waals surface area contributed by atoms with Gasteiger partial charge in [-0.1, -0.05) is 47.1 Å². The van der Waals surface area contributed by atoms with Crippen molar-refractivity contribution in [1.29, 1.82) is 0 Å². The lowest BCUT2D eigenvalue weighted by molar-refractivity contribution is -0.113. The van der Waals surface area contributed by atoms with Crippen LogP contribution in [0.5, 0.6) is 0 Å². The summed E-state index contributed by atoms with van der Waals surface area (Å²) in [7, 11) is 0. The molecule has 1 heterocycles. The fourth-order valence-corrected chi connectivity index (χ4v) is 4.39. The summed E-state index contributed by atoms with van der Waals surface area (Å²) in [6.07, 6.45) is 0. The molecule has 2 aromatic carbocycles. The summed E-state index contributed by atoms with van der Waals surface area (Å²) in [4.78, 5) is 25.0. The van der Waals surface area contributed by atoms with Crippen LogP contribution in [0.2, 0.25) is 10.0 Å². The molecule has 0 aliphatic carbocycles. The Balaban J connectivity index is 1.64. The number of hydrogen-bond donors (Lipinski definition) is 2. The number of anilines is 1. The average molecular weight is 492 g/mol. The summed E-state index contributed by atoms with van der Waals surface area (Å²) >= 11 is 13.3. The van der Waals surface area contributed by atoms with Gasteiger partial charge in [-0.2, -0.15) is 0 Å². The van der Waals surface area contributed by atoms with Gasteiger partial charge in [-0.3, -0.25) is 9.59 Å². The number of nitrogens with zero attached hydrogens (tertiary/aromatic N) is 3. The van der Waals surface area contributed by atoms with E-state index in [4.69, 9.17) is 23.2 Å². The van der Waals surface area contributed by atoms with Crippen LogP contribution in [-0.2, 0) is 11.3 Å². The molecule has 2 amide bonds. The van der Waals surface area contributed by atoms with Crippen molar-refractivity contribution in [3.63, 3.8) is 0 Å². The number of carbonyl (C=O) groups is 2. The second-order valence-electron chi connectivity index (χ2n) is 7.11. The Morgan fingerprint density at radius 2 is 1.94 bits per heavy atom. The fraction of sp³-hybridized carbons (Fsp3) is 0.273. The first-order valence-corrected chi connectivity index (χ1v) is 11.7.